The molecular formula is C14H18N2O2S. The molecule has 1 aromatic carbocycles. The molecule has 102 valence electrons. The monoisotopic (exact) mass is 278 g/mol. The third-order valence-corrected chi connectivity index (χ3v) is 3.17. The van der Waals surface area contributed by atoms with Crippen molar-refractivity contribution in [3.63, 3.8) is 0 Å². The number of hydrogen-bond acceptors (Lipinski definition) is 3. The van der Waals surface area contributed by atoms with Crippen molar-refractivity contribution >= 4 is 29.0 Å². The van der Waals surface area contributed by atoms with E-state index in [4.69, 9.17) is 17.0 Å². The van der Waals surface area contributed by atoms with Crippen LogP contribution in [0, 0.1) is 13.8 Å². The molecule has 19 heavy (non-hydrogen) atoms. The van der Waals surface area contributed by atoms with Crippen LogP contribution in [-0.4, -0.2) is 23.2 Å². The number of carbonyl (C=O) groups is 1. The summed E-state index contributed by atoms with van der Waals surface area (Å²) in [6.45, 7) is 5.94. The minimum absolute atomic E-state index is 0.0472. The van der Waals surface area contributed by atoms with Crippen LogP contribution in [0.2, 0.25) is 0 Å². The third kappa shape index (κ3) is 3.67. The molecular weight excluding hydrogens is 260 g/mol. The molecule has 1 aromatic rings. The second-order valence-corrected chi connectivity index (χ2v) is 5.42. The van der Waals surface area contributed by atoms with Gasteiger partial charge in [-0.3, -0.25) is 0 Å². The lowest BCUT2D eigenvalue weighted by molar-refractivity contribution is -0.142. The molecule has 0 unspecified atom stereocenters. The number of hydrogen-bond donors (Lipinski definition) is 2. The normalized spacial score (nSPS) is 21.9. The fourth-order valence-corrected chi connectivity index (χ4v) is 2.51. The molecule has 2 rings (SSSR count). The van der Waals surface area contributed by atoms with Gasteiger partial charge in [-0.15, -0.1) is 0 Å². The Morgan fingerprint density at radius 1 is 1.32 bits per heavy atom. The minimum Gasteiger partial charge on any atom is -0.461 e. The van der Waals surface area contributed by atoms with Crippen LogP contribution in [0.25, 0.3) is 0 Å². The Morgan fingerprint density at radius 3 is 2.47 bits per heavy atom. The highest BCUT2D eigenvalue weighted by molar-refractivity contribution is 7.80. The van der Waals surface area contributed by atoms with E-state index in [-0.39, 0.29) is 18.1 Å². The molecule has 0 radical (unpaired) electrons. The summed E-state index contributed by atoms with van der Waals surface area (Å²) in [5.41, 5.74) is 3.26. The fourth-order valence-electron chi connectivity index (χ4n) is 2.25. The minimum atomic E-state index is -0.346. The van der Waals surface area contributed by atoms with Crippen LogP contribution in [-0.2, 0) is 9.53 Å². The summed E-state index contributed by atoms with van der Waals surface area (Å²) in [6, 6.07) is 5.77. The Kier molecular flexibility index (Phi) is 4.04. The zero-order valence-electron chi connectivity index (χ0n) is 11.3. The van der Waals surface area contributed by atoms with Gasteiger partial charge < -0.3 is 15.4 Å². The maximum absolute atomic E-state index is 11.5. The molecule has 0 aromatic heterocycles. The topological polar surface area (TPSA) is 50.4 Å². The fraction of sp³-hybridized carbons (Fsp3) is 0.429. The SMILES string of the molecule is Cc1cc(C)cc(NC(=S)N[C@@H]2C[C@@H](C)OC2=O)c1. The van der Waals surface area contributed by atoms with Gasteiger partial charge in [-0.1, -0.05) is 6.07 Å². The number of ether oxygens (including phenoxy) is 1. The lowest BCUT2D eigenvalue weighted by Gasteiger charge is -2.14. The molecule has 0 amide bonds. The van der Waals surface area contributed by atoms with Gasteiger partial charge in [0.15, 0.2) is 5.11 Å². The second kappa shape index (κ2) is 5.57. The van der Waals surface area contributed by atoms with Gasteiger partial charge in [0.05, 0.1) is 0 Å². The summed E-state index contributed by atoms with van der Waals surface area (Å²) in [6.07, 6.45) is 0.599. The van der Waals surface area contributed by atoms with Crippen molar-refractivity contribution in [2.45, 2.75) is 39.3 Å². The quantitative estimate of drug-likeness (QED) is 0.642. The average Bonchev–Trinajstić information content (AvgIpc) is 2.55. The van der Waals surface area contributed by atoms with Crippen LogP contribution < -0.4 is 10.6 Å². The highest BCUT2D eigenvalue weighted by Crippen LogP contribution is 2.16. The van der Waals surface area contributed by atoms with E-state index in [1.54, 1.807) is 0 Å². The molecule has 0 aliphatic carbocycles. The van der Waals surface area contributed by atoms with E-state index in [0.29, 0.717) is 11.5 Å². The summed E-state index contributed by atoms with van der Waals surface area (Å²) < 4.78 is 5.07. The van der Waals surface area contributed by atoms with Gasteiger partial charge in [0.1, 0.15) is 12.1 Å². The molecule has 0 bridgehead atoms. The molecule has 1 fully saturated rings. The summed E-state index contributed by atoms with van der Waals surface area (Å²) in [4.78, 5) is 11.5. The largest absolute Gasteiger partial charge is 0.461 e. The van der Waals surface area contributed by atoms with E-state index in [1.807, 2.05) is 32.9 Å². The van der Waals surface area contributed by atoms with Crippen molar-refractivity contribution in [2.24, 2.45) is 0 Å². The van der Waals surface area contributed by atoms with E-state index in [1.165, 1.54) is 11.1 Å². The van der Waals surface area contributed by atoms with Crippen LogP contribution >= 0.6 is 12.2 Å². The zero-order valence-corrected chi connectivity index (χ0v) is 12.1. The molecule has 1 saturated heterocycles. The first kappa shape index (κ1) is 13.8. The molecule has 1 aliphatic rings. The molecule has 4 nitrogen and oxygen atoms in total. The van der Waals surface area contributed by atoms with Gasteiger partial charge in [-0.25, -0.2) is 4.79 Å². The Labute approximate surface area is 118 Å². The summed E-state index contributed by atoms with van der Waals surface area (Å²) in [7, 11) is 0. The second-order valence-electron chi connectivity index (χ2n) is 5.01. The molecule has 5 heteroatoms. The van der Waals surface area contributed by atoms with Crippen molar-refractivity contribution in [2.75, 3.05) is 5.32 Å². The van der Waals surface area contributed by atoms with Gasteiger partial charge >= 0.3 is 5.97 Å². The van der Waals surface area contributed by atoms with Crippen LogP contribution in [0.3, 0.4) is 0 Å². The van der Waals surface area contributed by atoms with Crippen molar-refractivity contribution in [1.29, 1.82) is 0 Å². The van der Waals surface area contributed by atoms with Gasteiger partial charge in [-0.05, 0) is 56.2 Å². The maximum Gasteiger partial charge on any atom is 0.329 e. The number of anilines is 1. The highest BCUT2D eigenvalue weighted by Gasteiger charge is 2.32. The smallest absolute Gasteiger partial charge is 0.329 e. The number of carbonyl (C=O) groups excluding carboxylic acids is 1. The van der Waals surface area contributed by atoms with Crippen molar-refractivity contribution in [3.8, 4) is 0 Å². The number of esters is 1. The van der Waals surface area contributed by atoms with Crippen molar-refractivity contribution in [1.82, 2.24) is 5.32 Å². The van der Waals surface area contributed by atoms with Gasteiger partial charge in [0.25, 0.3) is 0 Å². The molecule has 2 N–H and O–H groups in total. The molecule has 1 heterocycles. The summed E-state index contributed by atoms with van der Waals surface area (Å²) in [5, 5.41) is 6.54. The van der Waals surface area contributed by atoms with Crippen molar-refractivity contribution in [3.05, 3.63) is 29.3 Å². The van der Waals surface area contributed by atoms with Gasteiger partial charge in [-0.2, -0.15) is 0 Å². The number of nitrogens with one attached hydrogen (secondary N) is 2. The van der Waals surface area contributed by atoms with Crippen LogP contribution in [0.4, 0.5) is 5.69 Å². The summed E-state index contributed by atoms with van der Waals surface area (Å²) in [5.74, 6) is -0.239. The Morgan fingerprint density at radius 2 is 1.95 bits per heavy atom. The molecule has 1 aliphatic heterocycles. The number of aryl methyl sites for hydroxylation is 2. The van der Waals surface area contributed by atoms with Crippen LogP contribution in [0.1, 0.15) is 24.5 Å². The van der Waals surface area contributed by atoms with E-state index in [2.05, 4.69) is 16.7 Å². The van der Waals surface area contributed by atoms with E-state index in [0.717, 1.165) is 5.69 Å². The lowest BCUT2D eigenvalue weighted by atomic mass is 10.1. The maximum atomic E-state index is 11.5. The van der Waals surface area contributed by atoms with E-state index < -0.39 is 0 Å². The number of cyclic esters (lactones) is 1. The third-order valence-electron chi connectivity index (χ3n) is 2.95. The Balaban J connectivity index is 1.96. The first-order valence-corrected chi connectivity index (χ1v) is 6.71. The summed E-state index contributed by atoms with van der Waals surface area (Å²) >= 11 is 5.22. The molecule has 0 spiro atoms. The highest BCUT2D eigenvalue weighted by atomic mass is 32.1. The molecule has 0 saturated carbocycles. The number of thiocarbonyl (C=S) groups is 1. The van der Waals surface area contributed by atoms with Crippen molar-refractivity contribution < 1.29 is 9.53 Å². The first-order chi connectivity index (χ1) is 8.94. The van der Waals surface area contributed by atoms with E-state index in [9.17, 15) is 4.79 Å². The predicted octanol–water partition coefficient (Wildman–Crippen LogP) is 2.29. The van der Waals surface area contributed by atoms with Gasteiger partial charge in [0.2, 0.25) is 0 Å². The Hall–Kier alpha value is -1.62. The zero-order chi connectivity index (χ0) is 14.0. The van der Waals surface area contributed by atoms with Crippen LogP contribution in [0.15, 0.2) is 18.2 Å². The number of rotatable bonds is 2. The molecule has 2 atom stereocenters. The first-order valence-electron chi connectivity index (χ1n) is 6.30. The van der Waals surface area contributed by atoms with Crippen LogP contribution in [0.5, 0.6) is 0 Å². The average molecular weight is 278 g/mol. The lowest BCUT2D eigenvalue weighted by Crippen LogP contribution is -2.40. The Bertz CT molecular complexity index is 496. The van der Waals surface area contributed by atoms with Gasteiger partial charge in [0, 0.05) is 12.1 Å². The predicted molar refractivity (Wildman–Crippen MR) is 79.2 cm³/mol. The number of benzene rings is 1. The van der Waals surface area contributed by atoms with E-state index >= 15 is 0 Å². The standard InChI is InChI=1S/C14H18N2O2S/c1-8-4-9(2)6-11(5-8)15-14(19)16-12-7-10(3)18-13(12)17/h4-6,10,12H,7H2,1-3H3,(H2,15,16,19)/t10-,12-/m1/s1.